The molecule has 1 saturated heterocycles. The van der Waals surface area contributed by atoms with E-state index in [1.807, 2.05) is 9.80 Å². The van der Waals surface area contributed by atoms with Gasteiger partial charge in [0.1, 0.15) is 0 Å². The largest absolute Gasteiger partial charge is 0.377 e. The Kier molecular flexibility index (Phi) is 22.0. The average molecular weight is 515 g/mol. The lowest BCUT2D eigenvalue weighted by molar-refractivity contribution is -0.134. The van der Waals surface area contributed by atoms with Crippen molar-refractivity contribution in [3.63, 3.8) is 0 Å². The number of carbonyl (C=O) groups is 2. The van der Waals surface area contributed by atoms with Crippen LogP contribution in [0.25, 0.3) is 0 Å². The van der Waals surface area contributed by atoms with E-state index in [9.17, 15) is 9.59 Å². The molecule has 0 saturated carbocycles. The molecular formula is C28H54N2O6. The van der Waals surface area contributed by atoms with Crippen LogP contribution in [0.1, 0.15) is 90.9 Å². The van der Waals surface area contributed by atoms with Crippen molar-refractivity contribution in [3.8, 4) is 0 Å². The highest BCUT2D eigenvalue weighted by Gasteiger charge is 2.15. The van der Waals surface area contributed by atoms with Gasteiger partial charge in [-0.05, 0) is 12.8 Å². The molecule has 0 unspecified atom stereocenters. The van der Waals surface area contributed by atoms with Gasteiger partial charge in [0.25, 0.3) is 0 Å². The molecule has 8 heteroatoms. The Morgan fingerprint density at radius 3 is 1.08 bits per heavy atom. The van der Waals surface area contributed by atoms with E-state index in [1.165, 1.54) is 38.5 Å². The molecule has 0 N–H and O–H groups in total. The molecule has 1 heterocycles. The molecule has 2 amide bonds. The van der Waals surface area contributed by atoms with Crippen molar-refractivity contribution < 1.29 is 28.5 Å². The highest BCUT2D eigenvalue weighted by molar-refractivity contribution is 5.76. The molecule has 1 aliphatic rings. The Hall–Kier alpha value is -1.22. The van der Waals surface area contributed by atoms with Gasteiger partial charge in [0.15, 0.2) is 0 Å². The maximum absolute atomic E-state index is 12.7. The van der Waals surface area contributed by atoms with E-state index in [4.69, 9.17) is 18.9 Å². The first kappa shape index (κ1) is 32.8. The fourth-order valence-corrected chi connectivity index (χ4v) is 4.14. The van der Waals surface area contributed by atoms with Crippen molar-refractivity contribution in [1.29, 1.82) is 0 Å². The van der Waals surface area contributed by atoms with Crippen LogP contribution in [0.3, 0.4) is 0 Å². The molecule has 0 radical (unpaired) electrons. The zero-order valence-electron chi connectivity index (χ0n) is 23.3. The molecule has 8 nitrogen and oxygen atoms in total. The van der Waals surface area contributed by atoms with Crippen LogP contribution in [0.4, 0.5) is 0 Å². The molecular weight excluding hydrogens is 460 g/mol. The third-order valence-electron chi connectivity index (χ3n) is 6.46. The summed E-state index contributed by atoms with van der Waals surface area (Å²) in [5, 5.41) is 0. The average Bonchev–Trinajstić information content (AvgIpc) is 2.88. The van der Waals surface area contributed by atoms with Gasteiger partial charge >= 0.3 is 0 Å². The van der Waals surface area contributed by atoms with E-state index in [2.05, 4.69) is 13.8 Å². The number of ether oxygens (including phenoxy) is 4. The zero-order valence-corrected chi connectivity index (χ0v) is 23.3. The van der Waals surface area contributed by atoms with Crippen LogP contribution in [0.15, 0.2) is 0 Å². The summed E-state index contributed by atoms with van der Waals surface area (Å²) in [6, 6.07) is 0. The summed E-state index contributed by atoms with van der Waals surface area (Å²) in [5.41, 5.74) is 0. The predicted molar refractivity (Wildman–Crippen MR) is 143 cm³/mol. The fraction of sp³-hybridized carbons (Fsp3) is 0.929. The molecule has 0 bridgehead atoms. The normalized spacial score (nSPS) is 17.9. The molecule has 0 aliphatic carbocycles. The lowest BCUT2D eigenvalue weighted by Gasteiger charge is -2.24. The summed E-state index contributed by atoms with van der Waals surface area (Å²) in [6.07, 6.45) is 12.5. The van der Waals surface area contributed by atoms with Crippen LogP contribution in [-0.2, 0) is 28.5 Å². The van der Waals surface area contributed by atoms with Crippen LogP contribution >= 0.6 is 0 Å². The lowest BCUT2D eigenvalue weighted by atomic mass is 10.1. The first-order valence-electron chi connectivity index (χ1n) is 14.6. The van der Waals surface area contributed by atoms with Crippen LogP contribution < -0.4 is 0 Å². The van der Waals surface area contributed by atoms with Crippen molar-refractivity contribution >= 4 is 11.8 Å². The minimum absolute atomic E-state index is 0.177. The van der Waals surface area contributed by atoms with Crippen molar-refractivity contribution in [2.24, 2.45) is 0 Å². The minimum atomic E-state index is 0.177. The quantitative estimate of drug-likeness (QED) is 0.358. The van der Waals surface area contributed by atoms with Gasteiger partial charge in [-0.25, -0.2) is 0 Å². The number of amides is 2. The highest BCUT2D eigenvalue weighted by atomic mass is 16.5. The van der Waals surface area contributed by atoms with E-state index >= 15 is 0 Å². The van der Waals surface area contributed by atoms with Crippen molar-refractivity contribution in [1.82, 2.24) is 9.80 Å². The van der Waals surface area contributed by atoms with Gasteiger partial charge < -0.3 is 28.7 Å². The summed E-state index contributed by atoms with van der Waals surface area (Å²) in [5.74, 6) is 0.353. The lowest BCUT2D eigenvalue weighted by Crippen LogP contribution is -2.38. The van der Waals surface area contributed by atoms with E-state index in [-0.39, 0.29) is 11.8 Å². The summed E-state index contributed by atoms with van der Waals surface area (Å²) in [6.45, 7) is 10.5. The van der Waals surface area contributed by atoms with Gasteiger partial charge in [-0.2, -0.15) is 0 Å². The molecule has 0 aromatic heterocycles. The molecule has 1 rings (SSSR count). The number of hydrogen-bond donors (Lipinski definition) is 0. The van der Waals surface area contributed by atoms with Crippen molar-refractivity contribution in [2.75, 3.05) is 79.0 Å². The van der Waals surface area contributed by atoms with Crippen LogP contribution in [-0.4, -0.2) is 101 Å². The van der Waals surface area contributed by atoms with Crippen LogP contribution in [0, 0.1) is 0 Å². The van der Waals surface area contributed by atoms with Gasteiger partial charge in [-0.3, -0.25) is 9.59 Å². The number of rotatable bonds is 12. The Labute approximate surface area is 220 Å². The molecule has 1 aliphatic heterocycles. The molecule has 0 aromatic carbocycles. The second-order valence-electron chi connectivity index (χ2n) is 9.54. The SMILES string of the molecule is CCCCCCCC(=O)N1CCOCCOCCN(C(=O)CCCCCCC)CCOCCOCC1. The maximum Gasteiger partial charge on any atom is 0.222 e. The second-order valence-corrected chi connectivity index (χ2v) is 9.54. The standard InChI is InChI=1S/C28H54N2O6/c1-3-5-7-9-11-13-27(31)29-15-19-33-23-25-35-21-17-30(18-22-36-26-24-34-20-16-29)28(32)14-12-10-8-6-4-2/h3-26H2,1-2H3. The third kappa shape index (κ3) is 18.1. The van der Waals surface area contributed by atoms with Crippen LogP contribution in [0.5, 0.6) is 0 Å². The smallest absolute Gasteiger partial charge is 0.222 e. The van der Waals surface area contributed by atoms with Crippen LogP contribution in [0.2, 0.25) is 0 Å². The summed E-state index contributed by atoms with van der Waals surface area (Å²) >= 11 is 0. The van der Waals surface area contributed by atoms with Gasteiger partial charge in [0, 0.05) is 39.0 Å². The van der Waals surface area contributed by atoms with E-state index in [0.29, 0.717) is 91.9 Å². The molecule has 1 fully saturated rings. The molecule has 212 valence electrons. The van der Waals surface area contributed by atoms with Crippen molar-refractivity contribution in [2.45, 2.75) is 90.9 Å². The maximum atomic E-state index is 12.7. The summed E-state index contributed by atoms with van der Waals surface area (Å²) in [4.78, 5) is 29.1. The number of nitrogens with zero attached hydrogens (tertiary/aromatic N) is 2. The van der Waals surface area contributed by atoms with E-state index < -0.39 is 0 Å². The summed E-state index contributed by atoms with van der Waals surface area (Å²) in [7, 11) is 0. The van der Waals surface area contributed by atoms with Gasteiger partial charge in [-0.15, -0.1) is 0 Å². The number of hydrogen-bond acceptors (Lipinski definition) is 6. The Morgan fingerprint density at radius 1 is 0.472 bits per heavy atom. The minimum Gasteiger partial charge on any atom is -0.377 e. The molecule has 0 atom stereocenters. The monoisotopic (exact) mass is 514 g/mol. The fourth-order valence-electron chi connectivity index (χ4n) is 4.14. The summed E-state index contributed by atoms with van der Waals surface area (Å²) < 4.78 is 22.9. The molecule has 0 spiro atoms. The van der Waals surface area contributed by atoms with E-state index in [1.54, 1.807) is 0 Å². The third-order valence-corrected chi connectivity index (χ3v) is 6.46. The van der Waals surface area contributed by atoms with Crippen molar-refractivity contribution in [3.05, 3.63) is 0 Å². The second kappa shape index (κ2) is 24.1. The molecule has 36 heavy (non-hydrogen) atoms. The molecule has 0 aromatic rings. The van der Waals surface area contributed by atoms with Gasteiger partial charge in [0.2, 0.25) is 11.8 Å². The Balaban J connectivity index is 2.40. The first-order valence-corrected chi connectivity index (χ1v) is 14.6. The van der Waals surface area contributed by atoms with Gasteiger partial charge in [-0.1, -0.05) is 65.2 Å². The Bertz CT molecular complexity index is 468. The first-order chi connectivity index (χ1) is 17.7. The van der Waals surface area contributed by atoms with E-state index in [0.717, 1.165) is 25.7 Å². The van der Waals surface area contributed by atoms with Gasteiger partial charge in [0.05, 0.1) is 52.9 Å². The highest BCUT2D eigenvalue weighted by Crippen LogP contribution is 2.08. The predicted octanol–water partition coefficient (Wildman–Crippen LogP) is 4.44. The number of unbranched alkanes of at least 4 members (excludes halogenated alkanes) is 8. The Morgan fingerprint density at radius 2 is 0.778 bits per heavy atom. The zero-order chi connectivity index (χ0) is 26.1. The topological polar surface area (TPSA) is 77.5 Å². The number of carbonyl (C=O) groups excluding carboxylic acids is 2.